The van der Waals surface area contributed by atoms with Gasteiger partial charge >= 0.3 is 0 Å². The van der Waals surface area contributed by atoms with E-state index in [0.29, 0.717) is 18.9 Å². The Bertz CT molecular complexity index is 943. The lowest BCUT2D eigenvalue weighted by Gasteiger charge is -2.29. The Balaban J connectivity index is 1.29. The zero-order valence-corrected chi connectivity index (χ0v) is 18.7. The van der Waals surface area contributed by atoms with Gasteiger partial charge in [0.1, 0.15) is 12.4 Å². The van der Waals surface area contributed by atoms with Crippen molar-refractivity contribution in [3.63, 3.8) is 0 Å². The number of ether oxygens (including phenoxy) is 1. The first-order valence-electron chi connectivity index (χ1n) is 10.8. The highest BCUT2D eigenvalue weighted by Crippen LogP contribution is 2.31. The SMILES string of the molecule is Cc1cc(CN2CCSCC2)ccc1NC(=O)CCC(=O)N1CCOc2ccccc21. The zero-order valence-electron chi connectivity index (χ0n) is 17.9. The van der Waals surface area contributed by atoms with Crippen molar-refractivity contribution < 1.29 is 14.3 Å². The van der Waals surface area contributed by atoms with Gasteiger partial charge in [-0.3, -0.25) is 14.5 Å². The van der Waals surface area contributed by atoms with Crippen molar-refractivity contribution in [1.29, 1.82) is 0 Å². The minimum absolute atomic E-state index is 0.0577. The molecule has 2 amide bonds. The van der Waals surface area contributed by atoms with Crippen molar-refractivity contribution in [2.24, 2.45) is 0 Å². The zero-order chi connectivity index (χ0) is 21.6. The standard InChI is InChI=1S/C24H29N3O3S/c1-18-16-19(17-26-11-14-31-15-12-26)6-7-20(18)25-23(28)8-9-24(29)27-10-13-30-22-5-3-2-4-21(22)27/h2-7,16H,8-15,17H2,1H3,(H,25,28). The average Bonchev–Trinajstić information content (AvgIpc) is 2.79. The van der Waals surface area contributed by atoms with Gasteiger partial charge in [0, 0.05) is 49.7 Å². The maximum Gasteiger partial charge on any atom is 0.227 e. The number of benzene rings is 2. The molecule has 31 heavy (non-hydrogen) atoms. The molecule has 7 heteroatoms. The molecule has 2 aliphatic heterocycles. The number of thioether (sulfide) groups is 1. The maximum atomic E-state index is 12.7. The van der Waals surface area contributed by atoms with Crippen LogP contribution in [0.1, 0.15) is 24.0 Å². The molecule has 1 saturated heterocycles. The third-order valence-electron chi connectivity index (χ3n) is 5.67. The van der Waals surface area contributed by atoms with E-state index < -0.39 is 0 Å². The van der Waals surface area contributed by atoms with E-state index in [1.807, 2.05) is 49.0 Å². The number of fused-ring (bicyclic) bond motifs is 1. The number of hydrogen-bond donors (Lipinski definition) is 1. The molecule has 2 aromatic carbocycles. The van der Waals surface area contributed by atoms with Crippen molar-refractivity contribution >= 4 is 35.0 Å². The van der Waals surface area contributed by atoms with Gasteiger partial charge < -0.3 is 15.0 Å². The largest absolute Gasteiger partial charge is 0.490 e. The van der Waals surface area contributed by atoms with Crippen LogP contribution in [0.15, 0.2) is 42.5 Å². The molecule has 2 heterocycles. The van der Waals surface area contributed by atoms with E-state index in [4.69, 9.17) is 4.74 Å². The maximum absolute atomic E-state index is 12.7. The number of nitrogens with one attached hydrogen (secondary N) is 1. The second-order valence-electron chi connectivity index (χ2n) is 7.95. The van der Waals surface area contributed by atoms with E-state index in [0.717, 1.165) is 36.6 Å². The summed E-state index contributed by atoms with van der Waals surface area (Å²) < 4.78 is 5.60. The fraction of sp³-hybridized carbons (Fsp3) is 0.417. The van der Waals surface area contributed by atoms with Gasteiger partial charge in [-0.05, 0) is 36.2 Å². The highest BCUT2D eigenvalue weighted by molar-refractivity contribution is 7.99. The Kier molecular flexibility index (Phi) is 7.14. The molecule has 0 spiro atoms. The first-order valence-corrected chi connectivity index (χ1v) is 12.0. The number of amides is 2. The highest BCUT2D eigenvalue weighted by atomic mass is 32.2. The summed E-state index contributed by atoms with van der Waals surface area (Å²) in [4.78, 5) is 29.4. The molecular formula is C24H29N3O3S. The molecule has 0 saturated carbocycles. The van der Waals surface area contributed by atoms with Gasteiger partial charge in [0.2, 0.25) is 11.8 Å². The Morgan fingerprint density at radius 1 is 1.06 bits per heavy atom. The monoisotopic (exact) mass is 439 g/mol. The van der Waals surface area contributed by atoms with Crippen LogP contribution in [0.3, 0.4) is 0 Å². The lowest BCUT2D eigenvalue weighted by atomic mass is 10.1. The first kappa shape index (κ1) is 21.7. The van der Waals surface area contributed by atoms with Gasteiger partial charge in [-0.2, -0.15) is 11.8 Å². The predicted molar refractivity (Wildman–Crippen MR) is 126 cm³/mol. The van der Waals surface area contributed by atoms with Gasteiger partial charge in [0.25, 0.3) is 0 Å². The number of hydrogen-bond acceptors (Lipinski definition) is 5. The number of nitrogens with zero attached hydrogens (tertiary/aromatic N) is 2. The number of carbonyl (C=O) groups is 2. The van der Waals surface area contributed by atoms with Crippen molar-refractivity contribution in [2.45, 2.75) is 26.3 Å². The molecule has 2 aliphatic rings. The molecule has 1 N–H and O–H groups in total. The summed E-state index contributed by atoms with van der Waals surface area (Å²) >= 11 is 2.01. The Hall–Kier alpha value is -2.51. The van der Waals surface area contributed by atoms with Crippen LogP contribution in [0.4, 0.5) is 11.4 Å². The minimum atomic E-state index is -0.140. The van der Waals surface area contributed by atoms with Gasteiger partial charge in [-0.25, -0.2) is 0 Å². The molecule has 0 aliphatic carbocycles. The molecule has 0 atom stereocenters. The Morgan fingerprint density at radius 3 is 2.68 bits per heavy atom. The van der Waals surface area contributed by atoms with Crippen LogP contribution in [0.2, 0.25) is 0 Å². The summed E-state index contributed by atoms with van der Waals surface area (Å²) in [7, 11) is 0. The van der Waals surface area contributed by atoms with E-state index in [9.17, 15) is 9.59 Å². The molecule has 1 fully saturated rings. The number of carbonyl (C=O) groups excluding carboxylic acids is 2. The first-order chi connectivity index (χ1) is 15.1. The van der Waals surface area contributed by atoms with E-state index >= 15 is 0 Å². The van der Waals surface area contributed by atoms with E-state index in [1.54, 1.807) is 4.90 Å². The summed E-state index contributed by atoms with van der Waals surface area (Å²) in [5.74, 6) is 2.91. The highest BCUT2D eigenvalue weighted by Gasteiger charge is 2.23. The third kappa shape index (κ3) is 5.60. The molecule has 4 rings (SSSR count). The molecule has 0 radical (unpaired) electrons. The van der Waals surface area contributed by atoms with Crippen LogP contribution in [-0.2, 0) is 16.1 Å². The molecule has 6 nitrogen and oxygen atoms in total. The fourth-order valence-corrected chi connectivity index (χ4v) is 4.96. The summed E-state index contributed by atoms with van der Waals surface area (Å²) in [5, 5.41) is 2.97. The van der Waals surface area contributed by atoms with E-state index in [-0.39, 0.29) is 24.7 Å². The van der Waals surface area contributed by atoms with Gasteiger partial charge in [0.05, 0.1) is 12.2 Å². The normalized spacial score (nSPS) is 16.4. The number of aryl methyl sites for hydroxylation is 1. The van der Waals surface area contributed by atoms with Crippen molar-refractivity contribution in [2.75, 3.05) is 48.0 Å². The van der Waals surface area contributed by atoms with E-state index in [1.165, 1.54) is 17.1 Å². The lowest BCUT2D eigenvalue weighted by Crippen LogP contribution is -2.38. The van der Waals surface area contributed by atoms with Crippen molar-refractivity contribution in [3.8, 4) is 5.75 Å². The Morgan fingerprint density at radius 2 is 1.87 bits per heavy atom. The summed E-state index contributed by atoms with van der Waals surface area (Å²) in [6, 6.07) is 13.7. The number of anilines is 2. The fourth-order valence-electron chi connectivity index (χ4n) is 3.98. The second kappa shape index (κ2) is 10.2. The summed E-state index contributed by atoms with van der Waals surface area (Å²) in [6.45, 7) is 6.20. The third-order valence-corrected chi connectivity index (χ3v) is 6.61. The summed E-state index contributed by atoms with van der Waals surface area (Å²) in [5.41, 5.74) is 3.90. The van der Waals surface area contributed by atoms with Gasteiger partial charge in [-0.1, -0.05) is 24.3 Å². The van der Waals surface area contributed by atoms with Crippen molar-refractivity contribution in [3.05, 3.63) is 53.6 Å². The second-order valence-corrected chi connectivity index (χ2v) is 9.17. The number of rotatable bonds is 6. The van der Waals surface area contributed by atoms with E-state index in [2.05, 4.69) is 22.3 Å². The van der Waals surface area contributed by atoms with Crippen molar-refractivity contribution in [1.82, 2.24) is 4.90 Å². The molecule has 2 aromatic rings. The molecule has 0 bridgehead atoms. The van der Waals surface area contributed by atoms with Gasteiger partial charge in [-0.15, -0.1) is 0 Å². The minimum Gasteiger partial charge on any atom is -0.490 e. The topological polar surface area (TPSA) is 61.9 Å². The van der Waals surface area contributed by atoms with Crippen LogP contribution in [0.25, 0.3) is 0 Å². The van der Waals surface area contributed by atoms with Crippen LogP contribution in [-0.4, -0.2) is 54.5 Å². The number of para-hydroxylation sites is 2. The van der Waals surface area contributed by atoms with Gasteiger partial charge in [0.15, 0.2) is 0 Å². The summed E-state index contributed by atoms with van der Waals surface area (Å²) in [6.07, 6.45) is 0.329. The molecule has 164 valence electrons. The average molecular weight is 440 g/mol. The Labute approximate surface area is 187 Å². The quantitative estimate of drug-likeness (QED) is 0.744. The van der Waals surface area contributed by atoms with Crippen LogP contribution >= 0.6 is 11.8 Å². The smallest absolute Gasteiger partial charge is 0.227 e. The van der Waals surface area contributed by atoms with Crippen LogP contribution < -0.4 is 15.0 Å². The molecule has 0 aromatic heterocycles. The predicted octanol–water partition coefficient (Wildman–Crippen LogP) is 3.69. The van der Waals surface area contributed by atoms with Crippen LogP contribution in [0, 0.1) is 6.92 Å². The molecule has 0 unspecified atom stereocenters. The molecular weight excluding hydrogens is 410 g/mol. The lowest BCUT2D eigenvalue weighted by molar-refractivity contribution is -0.122. The van der Waals surface area contributed by atoms with Crippen LogP contribution in [0.5, 0.6) is 5.75 Å².